The van der Waals surface area contributed by atoms with Gasteiger partial charge >= 0.3 is 0 Å². The van der Waals surface area contributed by atoms with E-state index in [0.717, 1.165) is 30.0 Å². The SMILES string of the molecule is Cc1c(N)nc(C(C)(C)C)nc1NC1CC2CCC1O2. The van der Waals surface area contributed by atoms with E-state index in [1.165, 1.54) is 6.42 Å². The second-order valence-electron chi connectivity index (χ2n) is 7.02. The molecule has 0 amide bonds. The molecule has 1 aromatic rings. The lowest BCUT2D eigenvalue weighted by molar-refractivity contribution is 0.102. The van der Waals surface area contributed by atoms with Crippen LogP contribution >= 0.6 is 0 Å². The third kappa shape index (κ3) is 2.35. The van der Waals surface area contributed by atoms with Crippen LogP contribution in [0.5, 0.6) is 0 Å². The number of fused-ring (bicyclic) bond motifs is 2. The summed E-state index contributed by atoms with van der Waals surface area (Å²) in [4.78, 5) is 9.12. The molecule has 0 radical (unpaired) electrons. The van der Waals surface area contributed by atoms with E-state index in [0.29, 0.717) is 24.1 Å². The highest BCUT2D eigenvalue weighted by molar-refractivity contribution is 5.56. The van der Waals surface area contributed by atoms with Crippen molar-refractivity contribution in [1.82, 2.24) is 9.97 Å². The molecule has 2 saturated heterocycles. The number of anilines is 2. The van der Waals surface area contributed by atoms with E-state index in [-0.39, 0.29) is 5.41 Å². The lowest BCUT2D eigenvalue weighted by Crippen LogP contribution is -2.32. The highest BCUT2D eigenvalue weighted by Crippen LogP contribution is 2.36. The largest absolute Gasteiger partial charge is 0.383 e. The Morgan fingerprint density at radius 2 is 2.00 bits per heavy atom. The van der Waals surface area contributed by atoms with E-state index in [4.69, 9.17) is 15.5 Å². The highest BCUT2D eigenvalue weighted by Gasteiger charge is 2.41. The summed E-state index contributed by atoms with van der Waals surface area (Å²) in [6.45, 7) is 8.27. The maximum Gasteiger partial charge on any atom is 0.138 e. The van der Waals surface area contributed by atoms with Gasteiger partial charge in [0.25, 0.3) is 0 Å². The molecule has 3 rings (SSSR count). The van der Waals surface area contributed by atoms with Crippen molar-refractivity contribution in [3.8, 4) is 0 Å². The Balaban J connectivity index is 1.87. The van der Waals surface area contributed by atoms with E-state index in [2.05, 4.69) is 31.1 Å². The molecule has 2 aliphatic heterocycles. The number of nitrogen functional groups attached to an aromatic ring is 1. The molecular weight excluding hydrogens is 252 g/mol. The van der Waals surface area contributed by atoms with Gasteiger partial charge in [-0.2, -0.15) is 0 Å². The second-order valence-corrected chi connectivity index (χ2v) is 7.02. The number of aromatic nitrogens is 2. The molecule has 110 valence electrons. The van der Waals surface area contributed by atoms with Gasteiger partial charge in [-0.3, -0.25) is 0 Å². The average Bonchev–Trinajstić information content (AvgIpc) is 2.95. The van der Waals surface area contributed by atoms with Crippen molar-refractivity contribution in [3.05, 3.63) is 11.4 Å². The summed E-state index contributed by atoms with van der Waals surface area (Å²) < 4.78 is 5.89. The van der Waals surface area contributed by atoms with E-state index >= 15 is 0 Å². The highest BCUT2D eigenvalue weighted by atomic mass is 16.5. The molecule has 1 aromatic heterocycles. The first-order valence-electron chi connectivity index (χ1n) is 7.41. The Morgan fingerprint density at radius 3 is 2.55 bits per heavy atom. The molecule has 0 saturated carbocycles. The van der Waals surface area contributed by atoms with Crippen LogP contribution in [0.25, 0.3) is 0 Å². The molecule has 2 fully saturated rings. The van der Waals surface area contributed by atoms with Crippen LogP contribution in [-0.4, -0.2) is 28.2 Å². The summed E-state index contributed by atoms with van der Waals surface area (Å²) in [6, 6.07) is 0.356. The lowest BCUT2D eigenvalue weighted by Gasteiger charge is -2.24. The fourth-order valence-electron chi connectivity index (χ4n) is 2.98. The Hall–Kier alpha value is -1.36. The molecular formula is C15H24N4O. The van der Waals surface area contributed by atoms with Gasteiger partial charge in [0.15, 0.2) is 0 Å². The third-order valence-electron chi connectivity index (χ3n) is 4.28. The lowest BCUT2D eigenvalue weighted by atomic mass is 9.94. The summed E-state index contributed by atoms with van der Waals surface area (Å²) in [5, 5.41) is 3.54. The van der Waals surface area contributed by atoms with E-state index < -0.39 is 0 Å². The molecule has 20 heavy (non-hydrogen) atoms. The average molecular weight is 276 g/mol. The van der Waals surface area contributed by atoms with Gasteiger partial charge in [0.2, 0.25) is 0 Å². The van der Waals surface area contributed by atoms with Crippen molar-refractivity contribution in [2.75, 3.05) is 11.1 Å². The van der Waals surface area contributed by atoms with Crippen molar-refractivity contribution in [2.45, 2.75) is 70.6 Å². The van der Waals surface area contributed by atoms with Gasteiger partial charge in [0, 0.05) is 11.0 Å². The first kappa shape index (κ1) is 13.6. The van der Waals surface area contributed by atoms with Gasteiger partial charge in [-0.15, -0.1) is 0 Å². The Morgan fingerprint density at radius 1 is 1.25 bits per heavy atom. The predicted molar refractivity (Wildman–Crippen MR) is 79.8 cm³/mol. The second kappa shape index (κ2) is 4.58. The molecule has 3 unspecified atom stereocenters. The van der Waals surface area contributed by atoms with Crippen LogP contribution in [0.4, 0.5) is 11.6 Å². The van der Waals surface area contributed by atoms with Crippen molar-refractivity contribution >= 4 is 11.6 Å². The van der Waals surface area contributed by atoms with Gasteiger partial charge in [0.05, 0.1) is 18.2 Å². The molecule has 5 nitrogen and oxygen atoms in total. The fourth-order valence-corrected chi connectivity index (χ4v) is 2.98. The zero-order chi connectivity index (χ0) is 14.5. The molecule has 3 heterocycles. The van der Waals surface area contributed by atoms with Crippen molar-refractivity contribution in [3.63, 3.8) is 0 Å². The van der Waals surface area contributed by atoms with Crippen LogP contribution in [0, 0.1) is 6.92 Å². The summed E-state index contributed by atoms with van der Waals surface area (Å²) in [5.41, 5.74) is 6.87. The fraction of sp³-hybridized carbons (Fsp3) is 0.733. The number of rotatable bonds is 2. The van der Waals surface area contributed by atoms with Crippen LogP contribution in [-0.2, 0) is 10.2 Å². The monoisotopic (exact) mass is 276 g/mol. The van der Waals surface area contributed by atoms with Gasteiger partial charge in [-0.05, 0) is 26.2 Å². The number of nitrogens with zero attached hydrogens (tertiary/aromatic N) is 2. The number of nitrogens with two attached hydrogens (primary N) is 1. The molecule has 2 aliphatic rings. The van der Waals surface area contributed by atoms with Gasteiger partial charge in [-0.1, -0.05) is 20.8 Å². The van der Waals surface area contributed by atoms with Gasteiger partial charge < -0.3 is 15.8 Å². The smallest absolute Gasteiger partial charge is 0.138 e. The zero-order valence-corrected chi connectivity index (χ0v) is 12.7. The molecule has 0 aliphatic carbocycles. The van der Waals surface area contributed by atoms with E-state index in [1.807, 2.05) is 6.92 Å². The third-order valence-corrected chi connectivity index (χ3v) is 4.28. The zero-order valence-electron chi connectivity index (χ0n) is 12.7. The summed E-state index contributed by atoms with van der Waals surface area (Å²) in [5.74, 6) is 2.22. The quantitative estimate of drug-likeness (QED) is 0.867. The molecule has 3 atom stereocenters. The minimum atomic E-state index is -0.108. The Bertz CT molecular complexity index is 523. The van der Waals surface area contributed by atoms with Crippen LogP contribution in [0.2, 0.25) is 0 Å². The first-order valence-corrected chi connectivity index (χ1v) is 7.41. The topological polar surface area (TPSA) is 73.1 Å². The van der Waals surface area contributed by atoms with Crippen LogP contribution in [0.1, 0.15) is 51.4 Å². The molecule has 3 N–H and O–H groups in total. The van der Waals surface area contributed by atoms with Gasteiger partial charge in [-0.25, -0.2) is 9.97 Å². The van der Waals surface area contributed by atoms with Gasteiger partial charge in [0.1, 0.15) is 17.5 Å². The first-order chi connectivity index (χ1) is 9.34. The van der Waals surface area contributed by atoms with Crippen LogP contribution in [0.3, 0.4) is 0 Å². The molecule has 0 spiro atoms. The standard InChI is InChI=1S/C15H24N4O/c1-8-12(16)18-14(15(2,3)4)19-13(8)17-10-7-9-5-6-11(10)20-9/h9-11H,5-7H2,1-4H3,(H3,16,17,18,19). The number of ether oxygens (including phenoxy) is 1. The van der Waals surface area contributed by atoms with Crippen molar-refractivity contribution in [1.29, 1.82) is 0 Å². The van der Waals surface area contributed by atoms with Crippen molar-refractivity contribution < 1.29 is 4.74 Å². The van der Waals surface area contributed by atoms with Crippen LogP contribution < -0.4 is 11.1 Å². The van der Waals surface area contributed by atoms with E-state index in [1.54, 1.807) is 0 Å². The Kier molecular flexibility index (Phi) is 3.12. The Labute approximate surface area is 120 Å². The molecule has 0 aromatic carbocycles. The predicted octanol–water partition coefficient (Wildman–Crippen LogP) is 2.40. The van der Waals surface area contributed by atoms with E-state index in [9.17, 15) is 0 Å². The number of nitrogens with one attached hydrogen (secondary N) is 1. The minimum Gasteiger partial charge on any atom is -0.383 e. The maximum atomic E-state index is 6.05. The number of hydrogen-bond acceptors (Lipinski definition) is 5. The maximum absolute atomic E-state index is 6.05. The summed E-state index contributed by atoms with van der Waals surface area (Å²) in [7, 11) is 0. The molecule has 5 heteroatoms. The van der Waals surface area contributed by atoms with Crippen LogP contribution in [0.15, 0.2) is 0 Å². The van der Waals surface area contributed by atoms with Crippen molar-refractivity contribution in [2.24, 2.45) is 0 Å². The summed E-state index contributed by atoms with van der Waals surface area (Å²) >= 11 is 0. The molecule has 2 bridgehead atoms. The number of hydrogen-bond donors (Lipinski definition) is 2. The summed E-state index contributed by atoms with van der Waals surface area (Å²) in [6.07, 6.45) is 4.17. The minimum absolute atomic E-state index is 0.108. The normalized spacial score (nSPS) is 28.9.